The van der Waals surface area contributed by atoms with Crippen LogP contribution in [0.2, 0.25) is 10.0 Å². The molecule has 2 aromatic rings. The topological polar surface area (TPSA) is 66.4 Å². The van der Waals surface area contributed by atoms with Crippen molar-refractivity contribution < 1.29 is 13.5 Å². The summed E-state index contributed by atoms with van der Waals surface area (Å²) in [6.07, 6.45) is 1.19. The quantitative estimate of drug-likeness (QED) is 0.714. The fourth-order valence-corrected chi connectivity index (χ4v) is 4.94. The van der Waals surface area contributed by atoms with Gasteiger partial charge in [0.15, 0.2) is 0 Å². The summed E-state index contributed by atoms with van der Waals surface area (Å²) in [5, 5.41) is 11.6. The monoisotopic (exact) mass is 393 g/mol. The van der Waals surface area contributed by atoms with Gasteiger partial charge in [-0.05, 0) is 48.4 Å². The summed E-state index contributed by atoms with van der Waals surface area (Å²) >= 11 is 13.4. The Bertz CT molecular complexity index is 733. The predicted octanol–water partition coefficient (Wildman–Crippen LogP) is 3.89. The van der Waals surface area contributed by atoms with Crippen molar-refractivity contribution in [1.29, 1.82) is 0 Å². The molecule has 0 bridgehead atoms. The van der Waals surface area contributed by atoms with Gasteiger partial charge >= 0.3 is 0 Å². The van der Waals surface area contributed by atoms with Crippen LogP contribution in [0.5, 0.6) is 0 Å². The normalized spacial score (nSPS) is 13.2. The lowest BCUT2D eigenvalue weighted by Crippen LogP contribution is -2.26. The van der Waals surface area contributed by atoms with Gasteiger partial charge in [0.25, 0.3) is 0 Å². The van der Waals surface area contributed by atoms with Gasteiger partial charge in [0.05, 0.1) is 5.02 Å². The molecular formula is C15H17Cl2NO3S2. The lowest BCUT2D eigenvalue weighted by molar-refractivity contribution is 0.273. The van der Waals surface area contributed by atoms with E-state index in [2.05, 4.69) is 4.72 Å². The van der Waals surface area contributed by atoms with Gasteiger partial charge in [0, 0.05) is 23.1 Å². The number of rotatable bonds is 8. The van der Waals surface area contributed by atoms with Crippen molar-refractivity contribution in [3.63, 3.8) is 0 Å². The molecule has 23 heavy (non-hydrogen) atoms. The number of aliphatic hydroxyl groups is 1. The van der Waals surface area contributed by atoms with Gasteiger partial charge in [0.1, 0.15) is 4.90 Å². The standard InChI is InChI=1S/C15H17Cl2NO3S2/c16-12-3-4-13(17)15(10-12)23(20,21)18-7-5-11(6-8-19)14-2-1-9-22-14/h1-4,9-11,18-19H,5-8H2/t11-/m1/s1. The molecule has 2 rings (SSSR count). The van der Waals surface area contributed by atoms with Crippen LogP contribution in [0.4, 0.5) is 0 Å². The first kappa shape index (κ1) is 18.7. The molecule has 0 unspecified atom stereocenters. The summed E-state index contributed by atoms with van der Waals surface area (Å²) in [6, 6.07) is 8.26. The third-order valence-electron chi connectivity index (χ3n) is 3.39. The Hall–Kier alpha value is -0.630. The Kier molecular flexibility index (Phi) is 6.88. The molecule has 1 heterocycles. The van der Waals surface area contributed by atoms with Crippen LogP contribution in [0.1, 0.15) is 23.6 Å². The molecule has 4 nitrogen and oxygen atoms in total. The number of hydrogen-bond donors (Lipinski definition) is 2. The first-order valence-corrected chi connectivity index (χ1v) is 10.1. The second-order valence-electron chi connectivity index (χ2n) is 4.99. The summed E-state index contributed by atoms with van der Waals surface area (Å²) in [7, 11) is -3.72. The van der Waals surface area contributed by atoms with Crippen LogP contribution in [0.3, 0.4) is 0 Å². The number of hydrogen-bond acceptors (Lipinski definition) is 4. The van der Waals surface area contributed by atoms with Crippen molar-refractivity contribution in [3.8, 4) is 0 Å². The molecule has 0 aliphatic heterocycles. The molecule has 0 spiro atoms. The van der Waals surface area contributed by atoms with Crippen LogP contribution in [0, 0.1) is 0 Å². The van der Waals surface area contributed by atoms with Crippen LogP contribution < -0.4 is 4.72 Å². The van der Waals surface area contributed by atoms with E-state index in [1.54, 1.807) is 11.3 Å². The van der Waals surface area contributed by atoms with Gasteiger partial charge in [0.2, 0.25) is 10.0 Å². The van der Waals surface area contributed by atoms with E-state index in [4.69, 9.17) is 23.2 Å². The average Bonchev–Trinajstić information content (AvgIpc) is 3.03. The van der Waals surface area contributed by atoms with Crippen molar-refractivity contribution in [1.82, 2.24) is 4.72 Å². The Labute approximate surface area is 150 Å². The zero-order valence-corrected chi connectivity index (χ0v) is 15.4. The van der Waals surface area contributed by atoms with Gasteiger partial charge in [-0.2, -0.15) is 0 Å². The lowest BCUT2D eigenvalue weighted by atomic mass is 10.0. The second kappa shape index (κ2) is 8.46. The fraction of sp³-hybridized carbons (Fsp3) is 0.333. The summed E-state index contributed by atoms with van der Waals surface area (Å²) in [5.41, 5.74) is 0. The van der Waals surface area contributed by atoms with Gasteiger partial charge in [-0.25, -0.2) is 13.1 Å². The number of halogens is 2. The molecule has 8 heteroatoms. The highest BCUT2D eigenvalue weighted by atomic mass is 35.5. The van der Waals surface area contributed by atoms with Crippen molar-refractivity contribution >= 4 is 44.6 Å². The zero-order chi connectivity index (χ0) is 16.9. The molecule has 0 saturated carbocycles. The maximum atomic E-state index is 12.3. The highest BCUT2D eigenvalue weighted by molar-refractivity contribution is 7.89. The Morgan fingerprint density at radius 2 is 2.00 bits per heavy atom. The molecule has 0 saturated heterocycles. The van der Waals surface area contributed by atoms with E-state index in [1.165, 1.54) is 18.2 Å². The minimum atomic E-state index is -3.72. The lowest BCUT2D eigenvalue weighted by Gasteiger charge is -2.15. The minimum Gasteiger partial charge on any atom is -0.396 e. The van der Waals surface area contributed by atoms with Crippen molar-refractivity contribution in [2.75, 3.05) is 13.2 Å². The summed E-state index contributed by atoms with van der Waals surface area (Å²) in [6.45, 7) is 0.323. The smallest absolute Gasteiger partial charge is 0.242 e. The number of benzene rings is 1. The zero-order valence-electron chi connectivity index (χ0n) is 12.2. The number of sulfonamides is 1. The largest absolute Gasteiger partial charge is 0.396 e. The molecule has 2 N–H and O–H groups in total. The fourth-order valence-electron chi connectivity index (χ4n) is 2.24. The first-order chi connectivity index (χ1) is 10.9. The van der Waals surface area contributed by atoms with E-state index in [-0.39, 0.29) is 29.0 Å². The van der Waals surface area contributed by atoms with E-state index in [1.807, 2.05) is 17.5 Å². The van der Waals surface area contributed by atoms with Crippen molar-refractivity contribution in [2.45, 2.75) is 23.7 Å². The molecule has 126 valence electrons. The highest BCUT2D eigenvalue weighted by Crippen LogP contribution is 2.28. The first-order valence-electron chi connectivity index (χ1n) is 7.03. The van der Waals surface area contributed by atoms with Crippen LogP contribution >= 0.6 is 34.5 Å². The van der Waals surface area contributed by atoms with Crippen molar-refractivity contribution in [2.24, 2.45) is 0 Å². The third kappa shape index (κ3) is 5.17. The highest BCUT2D eigenvalue weighted by Gasteiger charge is 2.19. The molecular weight excluding hydrogens is 377 g/mol. The van der Waals surface area contributed by atoms with E-state index >= 15 is 0 Å². The molecule has 0 aliphatic rings. The third-order valence-corrected chi connectivity index (χ3v) is 6.60. The molecule has 0 amide bonds. The molecule has 0 aliphatic carbocycles. The average molecular weight is 394 g/mol. The maximum absolute atomic E-state index is 12.3. The summed E-state index contributed by atoms with van der Waals surface area (Å²) in [5.74, 6) is 0.123. The molecule has 0 fully saturated rings. The Morgan fingerprint density at radius 1 is 1.22 bits per heavy atom. The molecule has 1 atom stereocenters. The number of nitrogens with one attached hydrogen (secondary N) is 1. The van der Waals surface area contributed by atoms with Gasteiger partial charge < -0.3 is 5.11 Å². The van der Waals surface area contributed by atoms with E-state index in [0.29, 0.717) is 17.9 Å². The van der Waals surface area contributed by atoms with Crippen LogP contribution in [0.25, 0.3) is 0 Å². The molecule has 0 radical (unpaired) electrons. The minimum absolute atomic E-state index is 0.0264. The van der Waals surface area contributed by atoms with Crippen LogP contribution in [0.15, 0.2) is 40.6 Å². The Morgan fingerprint density at radius 3 is 2.65 bits per heavy atom. The number of thiophene rings is 1. The van der Waals surface area contributed by atoms with Gasteiger partial charge in [-0.3, -0.25) is 0 Å². The molecule has 1 aromatic carbocycles. The van der Waals surface area contributed by atoms with E-state index < -0.39 is 10.0 Å². The number of aliphatic hydroxyl groups excluding tert-OH is 1. The van der Waals surface area contributed by atoms with E-state index in [0.717, 1.165) is 4.88 Å². The van der Waals surface area contributed by atoms with Gasteiger partial charge in [-0.15, -0.1) is 11.3 Å². The summed E-state index contributed by atoms with van der Waals surface area (Å²) in [4.78, 5) is 1.11. The van der Waals surface area contributed by atoms with Crippen molar-refractivity contribution in [3.05, 3.63) is 50.6 Å². The van der Waals surface area contributed by atoms with Crippen LogP contribution in [-0.4, -0.2) is 26.7 Å². The predicted molar refractivity (Wildman–Crippen MR) is 95.0 cm³/mol. The van der Waals surface area contributed by atoms with E-state index in [9.17, 15) is 13.5 Å². The second-order valence-corrected chi connectivity index (χ2v) is 8.54. The maximum Gasteiger partial charge on any atom is 0.242 e. The van der Waals surface area contributed by atoms with Crippen LogP contribution in [-0.2, 0) is 10.0 Å². The van der Waals surface area contributed by atoms with Gasteiger partial charge in [-0.1, -0.05) is 29.3 Å². The SMILES string of the molecule is O=S(=O)(NCC[C@H](CCO)c1cccs1)c1cc(Cl)ccc1Cl. The molecule has 1 aromatic heterocycles. The Balaban J connectivity index is 2.02. The summed E-state index contributed by atoms with van der Waals surface area (Å²) < 4.78 is 27.2.